The van der Waals surface area contributed by atoms with Crippen molar-refractivity contribution in [2.45, 2.75) is 13.3 Å². The summed E-state index contributed by atoms with van der Waals surface area (Å²) >= 11 is 0. The van der Waals surface area contributed by atoms with E-state index >= 15 is 0 Å². The van der Waals surface area contributed by atoms with E-state index in [-0.39, 0.29) is 0 Å². The normalized spacial score (nSPS) is 10.9. The van der Waals surface area contributed by atoms with Crippen LogP contribution in [0.25, 0.3) is 0 Å². The molecule has 0 fully saturated rings. The van der Waals surface area contributed by atoms with Crippen LogP contribution in [0.3, 0.4) is 0 Å². The van der Waals surface area contributed by atoms with Gasteiger partial charge in [0, 0.05) is 6.42 Å². The van der Waals surface area contributed by atoms with E-state index in [1.165, 1.54) is 0 Å². The Morgan fingerprint density at radius 3 is 2.91 bits per heavy atom. The van der Waals surface area contributed by atoms with Gasteiger partial charge in [-0.1, -0.05) is 24.3 Å². The smallest absolute Gasteiger partial charge is 0.0650 e. The van der Waals surface area contributed by atoms with Crippen LogP contribution in [0.5, 0.6) is 0 Å². The van der Waals surface area contributed by atoms with Gasteiger partial charge in [0.05, 0.1) is 13.2 Å². The van der Waals surface area contributed by atoms with E-state index in [0.717, 1.165) is 0 Å². The van der Waals surface area contributed by atoms with Crippen molar-refractivity contribution in [3.8, 4) is 12.3 Å². The van der Waals surface area contributed by atoms with E-state index in [0.29, 0.717) is 19.6 Å². The minimum atomic E-state index is 0.645. The van der Waals surface area contributed by atoms with Gasteiger partial charge in [0.25, 0.3) is 0 Å². The molecule has 0 radical (unpaired) electrons. The summed E-state index contributed by atoms with van der Waals surface area (Å²) in [5, 5.41) is 0. The molecule has 60 valence electrons. The second-order valence-electron chi connectivity index (χ2n) is 1.98. The van der Waals surface area contributed by atoms with E-state index in [1.807, 2.05) is 31.2 Å². The Bertz CT molecular complexity index is 160. The molecule has 0 aliphatic rings. The standard InChI is InChI=1S/C10H14O/c1-3-5-7-8-10-11-9-6-4-2/h2-3,5,7-8H,6,9-10H2,1H3/b5-3+,8-7+. The highest BCUT2D eigenvalue weighted by atomic mass is 16.5. The van der Waals surface area contributed by atoms with Crippen LogP contribution in [0.4, 0.5) is 0 Å². The molecule has 1 heteroatoms. The fraction of sp³-hybridized carbons (Fsp3) is 0.400. The molecule has 0 saturated carbocycles. The summed E-state index contributed by atoms with van der Waals surface area (Å²) in [6.45, 7) is 3.27. The van der Waals surface area contributed by atoms with E-state index in [9.17, 15) is 0 Å². The predicted octanol–water partition coefficient (Wildman–Crippen LogP) is 2.16. The van der Waals surface area contributed by atoms with Gasteiger partial charge in [-0.25, -0.2) is 0 Å². The summed E-state index contributed by atoms with van der Waals surface area (Å²) in [5.41, 5.74) is 0. The molecule has 11 heavy (non-hydrogen) atoms. The second kappa shape index (κ2) is 9.00. The summed E-state index contributed by atoms with van der Waals surface area (Å²) in [6, 6.07) is 0. The van der Waals surface area contributed by atoms with Crippen LogP contribution in [0.2, 0.25) is 0 Å². The van der Waals surface area contributed by atoms with Crippen molar-refractivity contribution in [1.82, 2.24) is 0 Å². The zero-order valence-electron chi connectivity index (χ0n) is 6.92. The van der Waals surface area contributed by atoms with Gasteiger partial charge in [0.1, 0.15) is 0 Å². The lowest BCUT2D eigenvalue weighted by Gasteiger charge is -1.93. The number of hydrogen-bond donors (Lipinski definition) is 0. The van der Waals surface area contributed by atoms with Gasteiger partial charge in [0.15, 0.2) is 0 Å². The fourth-order valence-electron chi connectivity index (χ4n) is 0.528. The highest BCUT2D eigenvalue weighted by molar-refractivity contribution is 5.00. The van der Waals surface area contributed by atoms with Crippen LogP contribution < -0.4 is 0 Å². The lowest BCUT2D eigenvalue weighted by molar-refractivity contribution is 0.169. The van der Waals surface area contributed by atoms with Gasteiger partial charge in [-0.2, -0.15) is 0 Å². The molecule has 0 unspecified atom stereocenters. The van der Waals surface area contributed by atoms with E-state index in [4.69, 9.17) is 11.2 Å². The molecular formula is C10H14O. The topological polar surface area (TPSA) is 9.23 Å². The Balaban J connectivity index is 3.08. The predicted molar refractivity (Wildman–Crippen MR) is 48.2 cm³/mol. The molecule has 0 saturated heterocycles. The van der Waals surface area contributed by atoms with Crippen molar-refractivity contribution < 1.29 is 4.74 Å². The van der Waals surface area contributed by atoms with Crippen LogP contribution in [0.15, 0.2) is 24.3 Å². The maximum Gasteiger partial charge on any atom is 0.0650 e. The highest BCUT2D eigenvalue weighted by Crippen LogP contribution is 1.82. The number of terminal acetylenes is 1. The van der Waals surface area contributed by atoms with Crippen molar-refractivity contribution in [2.75, 3.05) is 13.2 Å². The SMILES string of the molecule is C#CCCOC/C=C/C=C/C. The fourth-order valence-corrected chi connectivity index (χ4v) is 0.528. The minimum Gasteiger partial charge on any atom is -0.376 e. The Kier molecular flexibility index (Phi) is 8.18. The molecule has 0 aromatic carbocycles. The molecular weight excluding hydrogens is 136 g/mol. The van der Waals surface area contributed by atoms with Gasteiger partial charge < -0.3 is 4.74 Å². The molecule has 0 heterocycles. The third-order valence-electron chi connectivity index (χ3n) is 1.04. The number of ether oxygens (including phenoxy) is 1. The largest absolute Gasteiger partial charge is 0.376 e. The number of hydrogen-bond acceptors (Lipinski definition) is 1. The van der Waals surface area contributed by atoms with Crippen molar-refractivity contribution >= 4 is 0 Å². The molecule has 0 aliphatic carbocycles. The van der Waals surface area contributed by atoms with Crippen molar-refractivity contribution in [2.24, 2.45) is 0 Å². The molecule has 0 aromatic rings. The maximum atomic E-state index is 5.16. The lowest BCUT2D eigenvalue weighted by Crippen LogP contribution is -1.91. The van der Waals surface area contributed by atoms with Crippen LogP contribution in [0.1, 0.15) is 13.3 Å². The molecule has 0 amide bonds. The minimum absolute atomic E-state index is 0.645. The van der Waals surface area contributed by atoms with E-state index in [1.54, 1.807) is 0 Å². The average molecular weight is 150 g/mol. The Hall–Kier alpha value is -1.00. The monoisotopic (exact) mass is 150 g/mol. The van der Waals surface area contributed by atoms with Crippen LogP contribution >= 0.6 is 0 Å². The highest BCUT2D eigenvalue weighted by Gasteiger charge is 1.78. The van der Waals surface area contributed by atoms with Gasteiger partial charge in [0.2, 0.25) is 0 Å². The van der Waals surface area contributed by atoms with Crippen LogP contribution in [-0.2, 0) is 4.74 Å². The summed E-state index contributed by atoms with van der Waals surface area (Å²) < 4.78 is 5.16. The third-order valence-corrected chi connectivity index (χ3v) is 1.04. The average Bonchev–Trinajstić information content (AvgIpc) is 2.03. The summed E-state index contributed by atoms with van der Waals surface area (Å²) in [6.07, 6.45) is 13.6. The number of allylic oxidation sites excluding steroid dienone is 3. The van der Waals surface area contributed by atoms with E-state index in [2.05, 4.69) is 5.92 Å². The quantitative estimate of drug-likeness (QED) is 0.331. The van der Waals surface area contributed by atoms with Crippen LogP contribution in [-0.4, -0.2) is 13.2 Å². The van der Waals surface area contributed by atoms with Crippen LogP contribution in [0, 0.1) is 12.3 Å². The molecule has 0 rings (SSSR count). The Morgan fingerprint density at radius 1 is 1.45 bits per heavy atom. The molecule has 0 spiro atoms. The zero-order chi connectivity index (χ0) is 8.36. The first-order chi connectivity index (χ1) is 5.41. The van der Waals surface area contributed by atoms with Gasteiger partial charge in [-0.15, -0.1) is 12.3 Å². The zero-order valence-corrected chi connectivity index (χ0v) is 6.92. The maximum absolute atomic E-state index is 5.16. The molecule has 0 aliphatic heterocycles. The lowest BCUT2D eigenvalue weighted by atomic mass is 10.4. The molecule has 0 aromatic heterocycles. The second-order valence-corrected chi connectivity index (χ2v) is 1.98. The molecule has 0 bridgehead atoms. The molecule has 1 nitrogen and oxygen atoms in total. The summed E-state index contributed by atoms with van der Waals surface area (Å²) in [5.74, 6) is 2.51. The first-order valence-electron chi connectivity index (χ1n) is 3.71. The van der Waals surface area contributed by atoms with Crippen molar-refractivity contribution in [1.29, 1.82) is 0 Å². The Labute approximate surface area is 68.8 Å². The number of rotatable bonds is 5. The summed E-state index contributed by atoms with van der Waals surface area (Å²) in [4.78, 5) is 0. The van der Waals surface area contributed by atoms with E-state index < -0.39 is 0 Å². The van der Waals surface area contributed by atoms with Gasteiger partial charge >= 0.3 is 0 Å². The Morgan fingerprint density at radius 2 is 2.27 bits per heavy atom. The third kappa shape index (κ3) is 9.00. The first kappa shape index (κ1) is 10.0. The van der Waals surface area contributed by atoms with Gasteiger partial charge in [-0.3, -0.25) is 0 Å². The van der Waals surface area contributed by atoms with Gasteiger partial charge in [-0.05, 0) is 6.92 Å². The summed E-state index contributed by atoms with van der Waals surface area (Å²) in [7, 11) is 0. The first-order valence-corrected chi connectivity index (χ1v) is 3.71. The molecule has 0 N–H and O–H groups in total. The molecule has 0 atom stereocenters. The van der Waals surface area contributed by atoms with Crippen molar-refractivity contribution in [3.63, 3.8) is 0 Å². The van der Waals surface area contributed by atoms with Crippen molar-refractivity contribution in [3.05, 3.63) is 24.3 Å².